The Kier molecular flexibility index (Phi) is 3.74. The van der Waals surface area contributed by atoms with E-state index in [-0.39, 0.29) is 5.75 Å². The van der Waals surface area contributed by atoms with Crippen molar-refractivity contribution in [2.45, 2.75) is 0 Å². The zero-order valence-electron chi connectivity index (χ0n) is 10.8. The lowest BCUT2D eigenvalue weighted by Crippen LogP contribution is -2.13. The molecule has 20 heavy (non-hydrogen) atoms. The first-order valence-electron chi connectivity index (χ1n) is 5.80. The minimum absolute atomic E-state index is 0.0508. The van der Waals surface area contributed by atoms with E-state index in [4.69, 9.17) is 16.2 Å². The van der Waals surface area contributed by atoms with E-state index in [1.165, 1.54) is 37.4 Å². The number of carbonyl (C=O) groups excluding carboxylic acids is 1. The van der Waals surface area contributed by atoms with Gasteiger partial charge in [-0.3, -0.25) is 4.79 Å². The largest absolute Gasteiger partial charge is 0.494 e. The van der Waals surface area contributed by atoms with E-state index >= 15 is 0 Å². The van der Waals surface area contributed by atoms with Crippen molar-refractivity contribution in [3.63, 3.8) is 0 Å². The van der Waals surface area contributed by atoms with Crippen LogP contribution in [-0.2, 0) is 0 Å². The molecule has 5 nitrogen and oxygen atoms in total. The third-order valence-electron chi connectivity index (χ3n) is 2.65. The highest BCUT2D eigenvalue weighted by atomic mass is 19.1. The molecule has 0 heterocycles. The van der Waals surface area contributed by atoms with Gasteiger partial charge < -0.3 is 21.5 Å². The van der Waals surface area contributed by atoms with Crippen LogP contribution >= 0.6 is 0 Å². The number of hydrogen-bond acceptors (Lipinski definition) is 4. The van der Waals surface area contributed by atoms with Gasteiger partial charge in [0, 0.05) is 28.7 Å². The number of nitrogen functional groups attached to an aromatic ring is 2. The molecule has 0 aromatic heterocycles. The summed E-state index contributed by atoms with van der Waals surface area (Å²) in [7, 11) is 1.35. The van der Waals surface area contributed by atoms with Gasteiger partial charge in [-0.1, -0.05) is 0 Å². The summed E-state index contributed by atoms with van der Waals surface area (Å²) in [5.41, 5.74) is 12.8. The maximum atomic E-state index is 13.3. The van der Waals surface area contributed by atoms with Crippen LogP contribution in [0, 0.1) is 5.82 Å². The first-order chi connectivity index (χ1) is 9.49. The predicted molar refractivity (Wildman–Crippen MR) is 76.2 cm³/mol. The molecule has 0 unspecified atom stereocenters. The minimum Gasteiger partial charge on any atom is -0.494 e. The summed E-state index contributed by atoms with van der Waals surface area (Å²) in [6.07, 6.45) is 0. The van der Waals surface area contributed by atoms with Crippen molar-refractivity contribution in [3.8, 4) is 5.75 Å². The van der Waals surface area contributed by atoms with E-state index < -0.39 is 11.7 Å². The number of methoxy groups -OCH3 is 1. The molecule has 5 N–H and O–H groups in total. The fourth-order valence-electron chi connectivity index (χ4n) is 1.75. The highest BCUT2D eigenvalue weighted by Crippen LogP contribution is 2.22. The van der Waals surface area contributed by atoms with Crippen LogP contribution in [0.1, 0.15) is 10.4 Å². The van der Waals surface area contributed by atoms with Crippen LogP contribution in [0.4, 0.5) is 21.5 Å². The van der Waals surface area contributed by atoms with Gasteiger partial charge in [-0.15, -0.1) is 0 Å². The molecule has 0 fully saturated rings. The van der Waals surface area contributed by atoms with Crippen LogP contribution in [0.25, 0.3) is 0 Å². The summed E-state index contributed by atoms with van der Waals surface area (Å²) in [5, 5.41) is 2.62. The summed E-state index contributed by atoms with van der Waals surface area (Å²) >= 11 is 0. The molecule has 104 valence electrons. The Bertz CT molecular complexity index is 639. The fraction of sp³-hybridized carbons (Fsp3) is 0.0714. The van der Waals surface area contributed by atoms with E-state index in [1.807, 2.05) is 0 Å². The molecule has 2 rings (SSSR count). The number of nitrogens with one attached hydrogen (secondary N) is 1. The molecule has 0 aliphatic heterocycles. The van der Waals surface area contributed by atoms with E-state index in [0.717, 1.165) is 0 Å². The Morgan fingerprint density at radius 3 is 2.40 bits per heavy atom. The lowest BCUT2D eigenvalue weighted by Gasteiger charge is -2.09. The van der Waals surface area contributed by atoms with Crippen LogP contribution < -0.4 is 21.5 Å². The number of ether oxygens (including phenoxy) is 1. The Balaban J connectivity index is 2.23. The second kappa shape index (κ2) is 5.48. The molecule has 2 aromatic rings. The van der Waals surface area contributed by atoms with Crippen LogP contribution in [0.5, 0.6) is 5.75 Å². The van der Waals surface area contributed by atoms with Crippen molar-refractivity contribution >= 4 is 23.0 Å². The number of rotatable bonds is 3. The third kappa shape index (κ3) is 2.97. The first kappa shape index (κ1) is 13.7. The van der Waals surface area contributed by atoms with Gasteiger partial charge in [-0.05, 0) is 30.3 Å². The van der Waals surface area contributed by atoms with Crippen molar-refractivity contribution in [1.82, 2.24) is 0 Å². The van der Waals surface area contributed by atoms with Gasteiger partial charge in [-0.2, -0.15) is 0 Å². The second-order valence-corrected chi connectivity index (χ2v) is 4.19. The Labute approximate surface area is 115 Å². The molecular formula is C14H14FN3O2. The molecule has 0 bridgehead atoms. The van der Waals surface area contributed by atoms with Gasteiger partial charge in [0.25, 0.3) is 5.91 Å². The van der Waals surface area contributed by atoms with Gasteiger partial charge in [0.1, 0.15) is 0 Å². The van der Waals surface area contributed by atoms with Crippen LogP contribution in [0.15, 0.2) is 36.4 Å². The van der Waals surface area contributed by atoms with E-state index in [9.17, 15) is 9.18 Å². The summed E-state index contributed by atoms with van der Waals surface area (Å²) in [4.78, 5) is 12.0. The Morgan fingerprint density at radius 1 is 1.15 bits per heavy atom. The average molecular weight is 275 g/mol. The predicted octanol–water partition coefficient (Wildman–Crippen LogP) is 2.25. The monoisotopic (exact) mass is 275 g/mol. The molecule has 0 radical (unpaired) electrons. The van der Waals surface area contributed by atoms with E-state index in [0.29, 0.717) is 22.6 Å². The van der Waals surface area contributed by atoms with Crippen LogP contribution in [0.3, 0.4) is 0 Å². The standard InChI is InChI=1S/C14H14FN3O2/c1-20-13-7-11(2-3-12(13)15)18-14(19)8-4-9(16)6-10(17)5-8/h2-7H,16-17H2,1H3,(H,18,19). The highest BCUT2D eigenvalue weighted by Gasteiger charge is 2.10. The maximum Gasteiger partial charge on any atom is 0.255 e. The van der Waals surface area contributed by atoms with E-state index in [2.05, 4.69) is 5.32 Å². The summed E-state index contributed by atoms with van der Waals surface area (Å²) in [6.45, 7) is 0. The van der Waals surface area contributed by atoms with Gasteiger partial charge in [0.2, 0.25) is 0 Å². The molecular weight excluding hydrogens is 261 g/mol. The number of benzene rings is 2. The quantitative estimate of drug-likeness (QED) is 0.749. The normalized spacial score (nSPS) is 10.1. The van der Waals surface area contributed by atoms with Gasteiger partial charge in [-0.25, -0.2) is 4.39 Å². The first-order valence-corrected chi connectivity index (χ1v) is 5.80. The van der Waals surface area contributed by atoms with Crippen molar-refractivity contribution in [2.75, 3.05) is 23.9 Å². The molecule has 6 heteroatoms. The van der Waals surface area contributed by atoms with Crippen molar-refractivity contribution in [2.24, 2.45) is 0 Å². The van der Waals surface area contributed by atoms with Crippen LogP contribution in [0.2, 0.25) is 0 Å². The van der Waals surface area contributed by atoms with Gasteiger partial charge >= 0.3 is 0 Å². The number of hydrogen-bond donors (Lipinski definition) is 3. The Morgan fingerprint density at radius 2 is 1.80 bits per heavy atom. The molecule has 0 atom stereocenters. The summed E-state index contributed by atoms with van der Waals surface area (Å²) in [6, 6.07) is 8.60. The second-order valence-electron chi connectivity index (χ2n) is 4.19. The highest BCUT2D eigenvalue weighted by molar-refractivity contribution is 6.05. The van der Waals surface area contributed by atoms with Crippen molar-refractivity contribution in [1.29, 1.82) is 0 Å². The zero-order chi connectivity index (χ0) is 14.7. The fourth-order valence-corrected chi connectivity index (χ4v) is 1.75. The van der Waals surface area contributed by atoms with Crippen LogP contribution in [-0.4, -0.2) is 13.0 Å². The summed E-state index contributed by atoms with van der Waals surface area (Å²) < 4.78 is 18.1. The SMILES string of the molecule is COc1cc(NC(=O)c2cc(N)cc(N)c2)ccc1F. The molecule has 0 saturated carbocycles. The summed E-state index contributed by atoms with van der Waals surface area (Å²) in [5.74, 6) is -0.841. The lowest BCUT2D eigenvalue weighted by molar-refractivity contribution is 0.102. The maximum absolute atomic E-state index is 13.3. The molecule has 0 aliphatic carbocycles. The van der Waals surface area contributed by atoms with E-state index in [1.54, 1.807) is 6.07 Å². The average Bonchev–Trinajstić information content (AvgIpc) is 2.39. The molecule has 0 spiro atoms. The number of carbonyl (C=O) groups is 1. The number of halogens is 1. The minimum atomic E-state index is -0.501. The number of nitrogens with two attached hydrogens (primary N) is 2. The third-order valence-corrected chi connectivity index (χ3v) is 2.65. The van der Waals surface area contributed by atoms with Crippen molar-refractivity contribution < 1.29 is 13.9 Å². The Hall–Kier alpha value is -2.76. The molecule has 0 saturated heterocycles. The number of anilines is 3. The smallest absolute Gasteiger partial charge is 0.255 e. The lowest BCUT2D eigenvalue weighted by atomic mass is 10.1. The number of amides is 1. The van der Waals surface area contributed by atoms with Gasteiger partial charge in [0.05, 0.1) is 7.11 Å². The molecule has 1 amide bonds. The zero-order valence-corrected chi connectivity index (χ0v) is 10.8. The van der Waals surface area contributed by atoms with Gasteiger partial charge in [0.15, 0.2) is 11.6 Å². The topological polar surface area (TPSA) is 90.4 Å². The van der Waals surface area contributed by atoms with Crippen molar-refractivity contribution in [3.05, 3.63) is 47.8 Å². The molecule has 2 aromatic carbocycles. The molecule has 0 aliphatic rings.